The van der Waals surface area contributed by atoms with Gasteiger partial charge in [0.1, 0.15) is 5.82 Å². The Morgan fingerprint density at radius 2 is 2.07 bits per heavy atom. The van der Waals surface area contributed by atoms with E-state index in [1.165, 1.54) is 17.8 Å². The first-order valence-electron chi connectivity index (χ1n) is 3.33. The third kappa shape index (κ3) is 1.97. The van der Waals surface area contributed by atoms with E-state index in [2.05, 4.69) is 10.2 Å². The maximum atomic E-state index is 11.9. The molecule has 0 bridgehead atoms. The second-order valence-electron chi connectivity index (χ2n) is 2.48. The number of anilines is 1. The molecule has 0 amide bonds. The molecule has 0 saturated carbocycles. The van der Waals surface area contributed by atoms with Crippen LogP contribution >= 0.6 is 0 Å². The fourth-order valence-electron chi connectivity index (χ4n) is 0.642. The molecule has 0 aromatic carbocycles. The monoisotopic (exact) mass is 229 g/mol. The van der Waals surface area contributed by atoms with E-state index in [4.69, 9.17) is 0 Å². The van der Waals surface area contributed by atoms with Crippen LogP contribution in [0.2, 0.25) is 0 Å². The zero-order valence-electron chi connectivity index (χ0n) is 6.88. The van der Waals surface area contributed by atoms with Gasteiger partial charge < -0.3 is 0 Å². The first-order chi connectivity index (χ1) is 6.24. The van der Waals surface area contributed by atoms with Crippen molar-refractivity contribution in [2.75, 3.05) is 4.72 Å². The summed E-state index contributed by atoms with van der Waals surface area (Å²) in [5.74, 6) is -0.290. The van der Waals surface area contributed by atoms with Crippen LogP contribution in [0.15, 0.2) is 6.20 Å². The number of aryl methyl sites for hydroxylation is 1. The third-order valence-corrected chi connectivity index (χ3v) is 2.45. The van der Waals surface area contributed by atoms with Gasteiger partial charge in [0.05, 0.1) is 6.20 Å². The minimum absolute atomic E-state index is 0.276. The molecular weight excluding hydrogens is 223 g/mol. The molecule has 0 aliphatic carbocycles. The molecule has 14 heavy (non-hydrogen) atoms. The van der Waals surface area contributed by atoms with Gasteiger partial charge in [-0.2, -0.15) is 26.7 Å². The average Bonchev–Trinajstić information content (AvgIpc) is 2.33. The SMILES string of the molecule is Cc1cn[nH]c1NS(=O)(=O)C(F)(F)F. The second kappa shape index (κ2) is 3.15. The summed E-state index contributed by atoms with van der Waals surface area (Å²) in [6.07, 6.45) is 1.20. The van der Waals surface area contributed by atoms with Gasteiger partial charge in [-0.15, -0.1) is 0 Å². The summed E-state index contributed by atoms with van der Waals surface area (Å²) >= 11 is 0. The molecule has 0 atom stereocenters. The minimum Gasteiger partial charge on any atom is -0.262 e. The molecule has 0 aliphatic heterocycles. The van der Waals surface area contributed by atoms with Gasteiger partial charge in [-0.25, -0.2) is 0 Å². The molecular formula is C5H6F3N3O2S. The van der Waals surface area contributed by atoms with Gasteiger partial charge in [-0.3, -0.25) is 9.82 Å². The molecule has 0 spiro atoms. The number of hydrogen-bond acceptors (Lipinski definition) is 3. The fraction of sp³-hybridized carbons (Fsp3) is 0.400. The molecule has 1 aromatic rings. The molecule has 0 unspecified atom stereocenters. The molecule has 2 N–H and O–H groups in total. The average molecular weight is 229 g/mol. The zero-order chi connectivity index (χ0) is 11.0. The number of nitrogens with one attached hydrogen (secondary N) is 2. The number of sulfonamides is 1. The van der Waals surface area contributed by atoms with Crippen LogP contribution in [-0.2, 0) is 10.0 Å². The Hall–Kier alpha value is -1.25. The van der Waals surface area contributed by atoms with E-state index in [0.29, 0.717) is 0 Å². The molecule has 9 heteroatoms. The number of hydrogen-bond donors (Lipinski definition) is 2. The van der Waals surface area contributed by atoms with Gasteiger partial charge in [0, 0.05) is 5.56 Å². The quantitative estimate of drug-likeness (QED) is 0.793. The lowest BCUT2D eigenvalue weighted by atomic mass is 10.4. The molecule has 0 aliphatic rings. The highest BCUT2D eigenvalue weighted by Crippen LogP contribution is 2.25. The van der Waals surface area contributed by atoms with Crippen molar-refractivity contribution in [1.82, 2.24) is 10.2 Å². The van der Waals surface area contributed by atoms with Gasteiger partial charge >= 0.3 is 15.5 Å². The van der Waals surface area contributed by atoms with Crippen molar-refractivity contribution in [3.63, 3.8) is 0 Å². The Kier molecular flexibility index (Phi) is 2.44. The van der Waals surface area contributed by atoms with Gasteiger partial charge in [-0.05, 0) is 6.92 Å². The number of aromatic nitrogens is 2. The molecule has 5 nitrogen and oxygen atoms in total. The lowest BCUT2D eigenvalue weighted by Crippen LogP contribution is -2.30. The molecule has 1 rings (SSSR count). The highest BCUT2D eigenvalue weighted by molar-refractivity contribution is 7.93. The minimum atomic E-state index is -5.36. The molecule has 80 valence electrons. The summed E-state index contributed by atoms with van der Waals surface area (Å²) < 4.78 is 58.1. The highest BCUT2D eigenvalue weighted by Gasteiger charge is 2.46. The smallest absolute Gasteiger partial charge is 0.262 e. The van der Waals surface area contributed by atoms with Crippen LogP contribution in [0.3, 0.4) is 0 Å². The van der Waals surface area contributed by atoms with E-state index in [9.17, 15) is 21.6 Å². The van der Waals surface area contributed by atoms with E-state index in [1.54, 1.807) is 0 Å². The van der Waals surface area contributed by atoms with Crippen molar-refractivity contribution >= 4 is 15.8 Å². The fourth-order valence-corrected chi connectivity index (χ4v) is 1.23. The summed E-state index contributed by atoms with van der Waals surface area (Å²) in [5.41, 5.74) is -5.05. The summed E-state index contributed by atoms with van der Waals surface area (Å²) in [5, 5.41) is 5.46. The molecule has 1 heterocycles. The van der Waals surface area contributed by atoms with E-state index >= 15 is 0 Å². The van der Waals surface area contributed by atoms with Crippen LogP contribution in [0.4, 0.5) is 19.0 Å². The van der Waals surface area contributed by atoms with Crippen LogP contribution < -0.4 is 4.72 Å². The van der Waals surface area contributed by atoms with E-state index in [0.717, 1.165) is 0 Å². The van der Waals surface area contributed by atoms with Crippen LogP contribution in [0.25, 0.3) is 0 Å². The van der Waals surface area contributed by atoms with Crippen molar-refractivity contribution in [2.24, 2.45) is 0 Å². The van der Waals surface area contributed by atoms with Crippen molar-refractivity contribution in [2.45, 2.75) is 12.4 Å². The van der Waals surface area contributed by atoms with Gasteiger partial charge in [0.15, 0.2) is 0 Å². The highest BCUT2D eigenvalue weighted by atomic mass is 32.2. The Balaban J connectivity index is 2.96. The van der Waals surface area contributed by atoms with E-state index in [1.807, 2.05) is 0 Å². The van der Waals surface area contributed by atoms with Crippen LogP contribution in [0.5, 0.6) is 0 Å². The zero-order valence-corrected chi connectivity index (χ0v) is 7.70. The number of aromatic amines is 1. The number of rotatable bonds is 2. The first kappa shape index (κ1) is 10.8. The molecule has 0 radical (unpaired) electrons. The van der Waals surface area contributed by atoms with Gasteiger partial charge in [0.25, 0.3) is 0 Å². The van der Waals surface area contributed by atoms with Gasteiger partial charge in [0.2, 0.25) is 0 Å². The van der Waals surface area contributed by atoms with Crippen LogP contribution in [-0.4, -0.2) is 24.1 Å². The maximum Gasteiger partial charge on any atom is 0.516 e. The number of halogens is 3. The normalized spacial score (nSPS) is 12.9. The first-order valence-corrected chi connectivity index (χ1v) is 4.81. The van der Waals surface area contributed by atoms with Gasteiger partial charge in [-0.1, -0.05) is 0 Å². The van der Waals surface area contributed by atoms with E-state index in [-0.39, 0.29) is 11.4 Å². The predicted molar refractivity (Wildman–Crippen MR) is 41.9 cm³/mol. The van der Waals surface area contributed by atoms with Crippen molar-refractivity contribution < 1.29 is 21.6 Å². The Morgan fingerprint density at radius 3 is 2.43 bits per heavy atom. The van der Waals surface area contributed by atoms with Crippen molar-refractivity contribution in [3.8, 4) is 0 Å². The second-order valence-corrected chi connectivity index (χ2v) is 4.15. The lowest BCUT2D eigenvalue weighted by molar-refractivity contribution is -0.0429. The standard InChI is InChI=1S/C5H6F3N3O2S/c1-3-2-9-10-4(3)11-14(12,13)5(6,7)8/h2H,1H3,(H2,9,10,11). The number of nitrogens with zero attached hydrogens (tertiary/aromatic N) is 1. The molecule has 0 fully saturated rings. The summed E-state index contributed by atoms with van der Waals surface area (Å²) in [6, 6.07) is 0. The number of alkyl halides is 3. The molecule has 1 aromatic heterocycles. The lowest BCUT2D eigenvalue weighted by Gasteiger charge is -2.08. The third-order valence-electron chi connectivity index (χ3n) is 1.37. The van der Waals surface area contributed by atoms with Crippen LogP contribution in [0, 0.1) is 6.92 Å². The topological polar surface area (TPSA) is 74.8 Å². The Labute approximate surface area is 77.4 Å². The maximum absolute atomic E-state index is 11.9. The van der Waals surface area contributed by atoms with Crippen molar-refractivity contribution in [1.29, 1.82) is 0 Å². The number of H-pyrrole nitrogens is 1. The molecule has 0 saturated heterocycles. The van der Waals surface area contributed by atoms with Crippen LogP contribution in [0.1, 0.15) is 5.56 Å². The largest absolute Gasteiger partial charge is 0.516 e. The predicted octanol–water partition coefficient (Wildman–Crippen LogP) is 0.980. The Bertz CT molecular complexity index is 422. The van der Waals surface area contributed by atoms with Crippen molar-refractivity contribution in [3.05, 3.63) is 11.8 Å². The summed E-state index contributed by atoms with van der Waals surface area (Å²) in [6.45, 7) is 1.41. The summed E-state index contributed by atoms with van der Waals surface area (Å²) in [4.78, 5) is 0. The van der Waals surface area contributed by atoms with E-state index < -0.39 is 15.5 Å². The summed E-state index contributed by atoms with van der Waals surface area (Å²) in [7, 11) is -5.36. The Morgan fingerprint density at radius 1 is 1.50 bits per heavy atom.